The van der Waals surface area contributed by atoms with Gasteiger partial charge in [-0.1, -0.05) is 18.2 Å². The van der Waals surface area contributed by atoms with Gasteiger partial charge >= 0.3 is 0 Å². The molecule has 6 heteroatoms. The lowest BCUT2D eigenvalue weighted by Crippen LogP contribution is -2.57. The zero-order chi connectivity index (χ0) is 15.6. The number of ether oxygens (including phenoxy) is 1. The molecule has 22 heavy (non-hydrogen) atoms. The maximum Gasteiger partial charge on any atom is 0.205 e. The molecule has 0 bridgehead atoms. The second kappa shape index (κ2) is 6.22. The molecule has 1 fully saturated rings. The third-order valence-electron chi connectivity index (χ3n) is 3.84. The van der Waals surface area contributed by atoms with Crippen molar-refractivity contribution in [2.45, 2.75) is 25.8 Å². The Bertz CT molecular complexity index is 641. The summed E-state index contributed by atoms with van der Waals surface area (Å²) < 4.78 is 9.92. The van der Waals surface area contributed by atoms with E-state index in [0.29, 0.717) is 6.42 Å². The van der Waals surface area contributed by atoms with Crippen LogP contribution in [0.25, 0.3) is 0 Å². The van der Waals surface area contributed by atoms with E-state index >= 15 is 0 Å². The molecule has 0 radical (unpaired) electrons. The molecular formula is C16H22N4OS. The summed E-state index contributed by atoms with van der Waals surface area (Å²) in [5.74, 6) is 1.75. The van der Waals surface area contributed by atoms with Gasteiger partial charge in [-0.15, -0.1) is 0 Å². The van der Waals surface area contributed by atoms with Crippen LogP contribution in [0.4, 0.5) is 5.13 Å². The summed E-state index contributed by atoms with van der Waals surface area (Å²) in [5, 5.41) is 4.53. The quantitative estimate of drug-likeness (QED) is 0.937. The highest BCUT2D eigenvalue weighted by Gasteiger charge is 2.27. The summed E-state index contributed by atoms with van der Waals surface area (Å²) in [7, 11) is 1.70. The van der Waals surface area contributed by atoms with Gasteiger partial charge in [0.25, 0.3) is 0 Å². The van der Waals surface area contributed by atoms with Crippen LogP contribution in [0.15, 0.2) is 24.3 Å². The lowest BCUT2D eigenvalue weighted by Gasteiger charge is -2.38. The molecule has 1 aliphatic heterocycles. The first kappa shape index (κ1) is 15.2. The summed E-state index contributed by atoms with van der Waals surface area (Å²) in [6.45, 7) is 7.35. The Morgan fingerprint density at radius 2 is 2.18 bits per heavy atom. The van der Waals surface area contributed by atoms with Crippen LogP contribution in [0, 0.1) is 0 Å². The third-order valence-corrected chi connectivity index (χ3v) is 4.66. The number of hydrogen-bond donors (Lipinski definition) is 1. The summed E-state index contributed by atoms with van der Waals surface area (Å²) in [4.78, 5) is 7.04. The summed E-state index contributed by atoms with van der Waals surface area (Å²) in [5.41, 5.74) is 1.24. The van der Waals surface area contributed by atoms with Gasteiger partial charge in [0, 0.05) is 48.7 Å². The first-order valence-corrected chi connectivity index (χ1v) is 8.29. The number of para-hydroxylation sites is 1. The number of hydrogen-bond acceptors (Lipinski definition) is 6. The lowest BCUT2D eigenvalue weighted by atomic mass is 10.0. The van der Waals surface area contributed by atoms with Gasteiger partial charge in [-0.3, -0.25) is 0 Å². The van der Waals surface area contributed by atoms with Crippen molar-refractivity contribution in [1.29, 1.82) is 0 Å². The highest BCUT2D eigenvalue weighted by atomic mass is 32.1. The Balaban J connectivity index is 1.74. The lowest BCUT2D eigenvalue weighted by molar-refractivity contribution is 0.353. The van der Waals surface area contributed by atoms with E-state index in [1.807, 2.05) is 18.2 Å². The predicted octanol–water partition coefficient (Wildman–Crippen LogP) is 2.33. The van der Waals surface area contributed by atoms with Gasteiger partial charge in [0.05, 0.1) is 7.11 Å². The van der Waals surface area contributed by atoms with E-state index in [1.165, 1.54) is 11.5 Å². The van der Waals surface area contributed by atoms with Crippen molar-refractivity contribution >= 4 is 16.7 Å². The van der Waals surface area contributed by atoms with E-state index in [-0.39, 0.29) is 5.54 Å². The minimum Gasteiger partial charge on any atom is -0.496 e. The Morgan fingerprint density at radius 3 is 2.95 bits per heavy atom. The number of piperazine rings is 1. The van der Waals surface area contributed by atoms with Gasteiger partial charge in [-0.2, -0.15) is 4.37 Å². The molecule has 1 N–H and O–H groups in total. The topological polar surface area (TPSA) is 50.3 Å². The molecule has 0 aliphatic carbocycles. The van der Waals surface area contributed by atoms with Gasteiger partial charge in [-0.25, -0.2) is 4.98 Å². The molecule has 0 unspecified atom stereocenters. The SMILES string of the molecule is COc1ccccc1Cc1nsc(N2CCNC(C)(C)C2)n1. The fraction of sp³-hybridized carbons (Fsp3) is 0.500. The molecule has 0 spiro atoms. The maximum absolute atomic E-state index is 5.40. The van der Waals surface area contributed by atoms with Crippen molar-refractivity contribution in [2.24, 2.45) is 0 Å². The van der Waals surface area contributed by atoms with Crippen LogP contribution in [-0.2, 0) is 6.42 Å². The van der Waals surface area contributed by atoms with Crippen LogP contribution >= 0.6 is 11.5 Å². The van der Waals surface area contributed by atoms with Crippen molar-refractivity contribution in [3.63, 3.8) is 0 Å². The number of benzene rings is 1. The molecule has 2 heterocycles. The first-order valence-electron chi connectivity index (χ1n) is 7.52. The van der Waals surface area contributed by atoms with Crippen molar-refractivity contribution in [1.82, 2.24) is 14.7 Å². The molecule has 118 valence electrons. The van der Waals surface area contributed by atoms with Crippen molar-refractivity contribution < 1.29 is 4.74 Å². The highest BCUT2D eigenvalue weighted by Crippen LogP contribution is 2.25. The predicted molar refractivity (Wildman–Crippen MR) is 90.0 cm³/mol. The van der Waals surface area contributed by atoms with Gasteiger partial charge in [0.2, 0.25) is 5.13 Å². The van der Waals surface area contributed by atoms with Gasteiger partial charge in [0.1, 0.15) is 11.6 Å². The van der Waals surface area contributed by atoms with Gasteiger partial charge in [0.15, 0.2) is 0 Å². The molecule has 0 atom stereocenters. The third kappa shape index (κ3) is 3.39. The van der Waals surface area contributed by atoms with E-state index < -0.39 is 0 Å². The Kier molecular flexibility index (Phi) is 4.31. The molecule has 2 aromatic rings. The first-order chi connectivity index (χ1) is 10.6. The van der Waals surface area contributed by atoms with Crippen LogP contribution in [0.1, 0.15) is 25.2 Å². The molecular weight excluding hydrogens is 296 g/mol. The average molecular weight is 318 g/mol. The normalized spacial score (nSPS) is 17.5. The highest BCUT2D eigenvalue weighted by molar-refractivity contribution is 7.09. The fourth-order valence-corrected chi connectivity index (χ4v) is 3.48. The van der Waals surface area contributed by atoms with Crippen LogP contribution < -0.4 is 15.0 Å². The zero-order valence-corrected chi connectivity index (χ0v) is 14.1. The number of methoxy groups -OCH3 is 1. The van der Waals surface area contributed by atoms with Crippen LogP contribution in [0.2, 0.25) is 0 Å². The monoisotopic (exact) mass is 318 g/mol. The molecule has 0 amide bonds. The number of nitrogens with one attached hydrogen (secondary N) is 1. The molecule has 0 saturated carbocycles. The van der Waals surface area contributed by atoms with Crippen molar-refractivity contribution in [3.8, 4) is 5.75 Å². The second-order valence-electron chi connectivity index (χ2n) is 6.21. The Morgan fingerprint density at radius 1 is 1.36 bits per heavy atom. The van der Waals surface area contributed by atoms with E-state index in [9.17, 15) is 0 Å². The van der Waals surface area contributed by atoms with E-state index in [0.717, 1.165) is 41.9 Å². The van der Waals surface area contributed by atoms with E-state index in [1.54, 1.807) is 7.11 Å². The summed E-state index contributed by atoms with van der Waals surface area (Å²) in [6.07, 6.45) is 0.704. The number of aromatic nitrogens is 2. The number of rotatable bonds is 4. The van der Waals surface area contributed by atoms with E-state index in [2.05, 4.69) is 34.5 Å². The Hall–Kier alpha value is -1.66. The summed E-state index contributed by atoms with van der Waals surface area (Å²) >= 11 is 1.49. The Labute approximate surface area is 135 Å². The average Bonchev–Trinajstić information content (AvgIpc) is 2.95. The maximum atomic E-state index is 5.40. The minimum absolute atomic E-state index is 0.118. The molecule has 3 rings (SSSR count). The molecule has 1 aromatic carbocycles. The van der Waals surface area contributed by atoms with Gasteiger partial charge < -0.3 is 15.0 Å². The van der Waals surface area contributed by atoms with Crippen molar-refractivity contribution in [3.05, 3.63) is 35.7 Å². The van der Waals surface area contributed by atoms with Gasteiger partial charge in [-0.05, 0) is 19.9 Å². The van der Waals surface area contributed by atoms with Crippen LogP contribution in [0.5, 0.6) is 5.75 Å². The number of nitrogens with zero attached hydrogens (tertiary/aromatic N) is 3. The standard InChI is InChI=1S/C16H22N4OS/c1-16(2)11-20(9-8-17-16)15-18-14(19-22-15)10-12-6-4-5-7-13(12)21-3/h4-7,17H,8-11H2,1-3H3. The van der Waals surface area contributed by atoms with Crippen molar-refractivity contribution in [2.75, 3.05) is 31.6 Å². The van der Waals surface area contributed by atoms with Crippen LogP contribution in [-0.4, -0.2) is 41.6 Å². The molecule has 1 aliphatic rings. The van der Waals surface area contributed by atoms with E-state index in [4.69, 9.17) is 9.72 Å². The fourth-order valence-electron chi connectivity index (χ4n) is 2.77. The van der Waals surface area contributed by atoms with Crippen LogP contribution in [0.3, 0.4) is 0 Å². The number of anilines is 1. The summed E-state index contributed by atoms with van der Waals surface area (Å²) in [6, 6.07) is 8.03. The molecule has 1 saturated heterocycles. The zero-order valence-electron chi connectivity index (χ0n) is 13.3. The smallest absolute Gasteiger partial charge is 0.205 e. The molecule has 1 aromatic heterocycles. The molecule has 5 nitrogen and oxygen atoms in total. The largest absolute Gasteiger partial charge is 0.496 e. The second-order valence-corrected chi connectivity index (χ2v) is 6.94. The minimum atomic E-state index is 0.118.